The maximum atomic E-state index is 11.7. The van der Waals surface area contributed by atoms with Crippen LogP contribution in [0.15, 0.2) is 12.7 Å². The van der Waals surface area contributed by atoms with Crippen molar-refractivity contribution < 1.29 is 4.79 Å². The summed E-state index contributed by atoms with van der Waals surface area (Å²) in [5, 5.41) is 0. The molecule has 90 valence electrons. The van der Waals surface area contributed by atoms with E-state index < -0.39 is 0 Å². The van der Waals surface area contributed by atoms with Crippen LogP contribution in [-0.4, -0.2) is 23.4 Å². The largest absolute Gasteiger partial charge is 0.336 e. The summed E-state index contributed by atoms with van der Waals surface area (Å²) in [6.07, 6.45) is 9.46. The van der Waals surface area contributed by atoms with E-state index in [2.05, 4.69) is 13.5 Å². The number of hydrogen-bond acceptors (Lipinski definition) is 1. The third-order valence-electron chi connectivity index (χ3n) is 4.50. The summed E-state index contributed by atoms with van der Waals surface area (Å²) in [6.45, 7) is 6.50. The van der Waals surface area contributed by atoms with Gasteiger partial charge >= 0.3 is 0 Å². The molecule has 3 atom stereocenters. The van der Waals surface area contributed by atoms with Gasteiger partial charge in [-0.1, -0.05) is 25.8 Å². The van der Waals surface area contributed by atoms with Crippen LogP contribution in [0, 0.1) is 11.8 Å². The van der Waals surface area contributed by atoms with E-state index in [0.29, 0.717) is 6.04 Å². The highest BCUT2D eigenvalue weighted by molar-refractivity contribution is 5.87. The van der Waals surface area contributed by atoms with Gasteiger partial charge in [0, 0.05) is 12.6 Å². The molecule has 2 aliphatic carbocycles. The van der Waals surface area contributed by atoms with Crippen molar-refractivity contribution in [3.8, 4) is 0 Å². The summed E-state index contributed by atoms with van der Waals surface area (Å²) in [5.41, 5.74) is 0. The lowest BCUT2D eigenvalue weighted by Gasteiger charge is -2.38. The number of carbonyl (C=O) groups excluding carboxylic acids is 1. The molecule has 0 aromatic rings. The maximum Gasteiger partial charge on any atom is 0.246 e. The molecule has 0 spiro atoms. The second-order valence-corrected chi connectivity index (χ2v) is 5.25. The smallest absolute Gasteiger partial charge is 0.246 e. The van der Waals surface area contributed by atoms with Crippen molar-refractivity contribution in [2.45, 2.75) is 51.5 Å². The molecule has 0 bridgehead atoms. The molecule has 0 aromatic heterocycles. The van der Waals surface area contributed by atoms with Gasteiger partial charge in [0.15, 0.2) is 0 Å². The zero-order valence-electron chi connectivity index (χ0n) is 10.3. The van der Waals surface area contributed by atoms with E-state index in [-0.39, 0.29) is 5.91 Å². The highest BCUT2D eigenvalue weighted by atomic mass is 16.2. The lowest BCUT2D eigenvalue weighted by atomic mass is 9.78. The van der Waals surface area contributed by atoms with E-state index in [0.717, 1.165) is 18.4 Å². The topological polar surface area (TPSA) is 20.3 Å². The standard InChI is InChI=1S/C14H23NO/c1-3-14(16)15(4-2)13-9-8-11-6-5-7-12(11)10-13/h3,11-13H,1,4-10H2,2H3. The fraction of sp³-hybridized carbons (Fsp3) is 0.786. The van der Waals surface area contributed by atoms with E-state index in [1.54, 1.807) is 0 Å². The summed E-state index contributed by atoms with van der Waals surface area (Å²) in [6, 6.07) is 0.481. The molecule has 2 rings (SSSR count). The van der Waals surface area contributed by atoms with Crippen molar-refractivity contribution in [1.82, 2.24) is 4.90 Å². The normalized spacial score (nSPS) is 33.2. The Morgan fingerprint density at radius 1 is 1.31 bits per heavy atom. The molecule has 2 fully saturated rings. The molecule has 1 amide bonds. The second kappa shape index (κ2) is 5.03. The molecule has 0 N–H and O–H groups in total. The van der Waals surface area contributed by atoms with Gasteiger partial charge in [0.1, 0.15) is 0 Å². The van der Waals surface area contributed by atoms with Gasteiger partial charge in [-0.25, -0.2) is 0 Å². The Bertz CT molecular complexity index is 274. The van der Waals surface area contributed by atoms with Gasteiger partial charge < -0.3 is 4.90 Å². The number of rotatable bonds is 3. The van der Waals surface area contributed by atoms with Crippen LogP contribution in [0.1, 0.15) is 45.4 Å². The van der Waals surface area contributed by atoms with Gasteiger partial charge in [-0.2, -0.15) is 0 Å². The number of fused-ring (bicyclic) bond motifs is 1. The Kier molecular flexibility index (Phi) is 3.67. The number of hydrogen-bond donors (Lipinski definition) is 0. The van der Waals surface area contributed by atoms with Crippen LogP contribution in [0.3, 0.4) is 0 Å². The van der Waals surface area contributed by atoms with Gasteiger partial charge in [0.25, 0.3) is 0 Å². The minimum Gasteiger partial charge on any atom is -0.336 e. The van der Waals surface area contributed by atoms with Gasteiger partial charge in [0.2, 0.25) is 5.91 Å². The Hall–Kier alpha value is -0.790. The average molecular weight is 221 g/mol. The molecule has 3 unspecified atom stereocenters. The summed E-state index contributed by atoms with van der Waals surface area (Å²) >= 11 is 0. The molecule has 0 saturated heterocycles. The lowest BCUT2D eigenvalue weighted by Crippen LogP contribution is -2.43. The van der Waals surface area contributed by atoms with Crippen LogP contribution in [0.4, 0.5) is 0 Å². The zero-order chi connectivity index (χ0) is 11.5. The molecule has 0 aliphatic heterocycles. The van der Waals surface area contributed by atoms with Crippen LogP contribution >= 0.6 is 0 Å². The van der Waals surface area contributed by atoms with E-state index in [1.165, 1.54) is 44.6 Å². The third-order valence-corrected chi connectivity index (χ3v) is 4.50. The van der Waals surface area contributed by atoms with Crippen molar-refractivity contribution in [2.24, 2.45) is 11.8 Å². The molecule has 2 saturated carbocycles. The molecule has 0 radical (unpaired) electrons. The summed E-state index contributed by atoms with van der Waals surface area (Å²) in [7, 11) is 0. The first-order valence-corrected chi connectivity index (χ1v) is 6.69. The lowest BCUT2D eigenvalue weighted by molar-refractivity contribution is -0.129. The fourth-order valence-corrected chi connectivity index (χ4v) is 3.67. The fourth-order valence-electron chi connectivity index (χ4n) is 3.67. The number of nitrogens with zero attached hydrogens (tertiary/aromatic N) is 1. The van der Waals surface area contributed by atoms with Crippen molar-refractivity contribution in [2.75, 3.05) is 6.54 Å². The predicted octanol–water partition coefficient (Wildman–Crippen LogP) is 2.99. The van der Waals surface area contributed by atoms with E-state index >= 15 is 0 Å². The van der Waals surface area contributed by atoms with Crippen molar-refractivity contribution in [3.05, 3.63) is 12.7 Å². The van der Waals surface area contributed by atoms with Crippen molar-refractivity contribution in [3.63, 3.8) is 0 Å². The Morgan fingerprint density at radius 3 is 2.75 bits per heavy atom. The van der Waals surface area contributed by atoms with Gasteiger partial charge in [0.05, 0.1) is 0 Å². The first-order valence-electron chi connectivity index (χ1n) is 6.69. The molecular formula is C14H23NO. The van der Waals surface area contributed by atoms with Crippen molar-refractivity contribution >= 4 is 5.91 Å². The first kappa shape index (κ1) is 11.7. The predicted molar refractivity (Wildman–Crippen MR) is 66.1 cm³/mol. The SMILES string of the molecule is C=CC(=O)N(CC)C1CCC2CCCC2C1. The van der Waals surface area contributed by atoms with E-state index in [4.69, 9.17) is 0 Å². The van der Waals surface area contributed by atoms with E-state index in [1.807, 2.05) is 4.90 Å². The Labute approximate surface area is 98.7 Å². The van der Waals surface area contributed by atoms with Crippen LogP contribution in [-0.2, 0) is 4.79 Å². The molecule has 0 aromatic carbocycles. The third kappa shape index (κ3) is 2.16. The maximum absolute atomic E-state index is 11.7. The quantitative estimate of drug-likeness (QED) is 0.671. The van der Waals surface area contributed by atoms with Gasteiger partial charge in [-0.3, -0.25) is 4.79 Å². The molecule has 2 heteroatoms. The summed E-state index contributed by atoms with van der Waals surface area (Å²) in [5.74, 6) is 1.98. The summed E-state index contributed by atoms with van der Waals surface area (Å²) in [4.78, 5) is 13.8. The molecule has 2 aliphatic rings. The Morgan fingerprint density at radius 2 is 2.06 bits per heavy atom. The average Bonchev–Trinajstić information content (AvgIpc) is 2.77. The molecule has 16 heavy (non-hydrogen) atoms. The van der Waals surface area contributed by atoms with Crippen molar-refractivity contribution in [1.29, 1.82) is 0 Å². The zero-order valence-corrected chi connectivity index (χ0v) is 10.3. The minimum atomic E-state index is 0.115. The molecule has 2 nitrogen and oxygen atoms in total. The van der Waals surface area contributed by atoms with Crippen LogP contribution in [0.2, 0.25) is 0 Å². The summed E-state index contributed by atoms with van der Waals surface area (Å²) < 4.78 is 0. The number of likely N-dealkylation sites (N-methyl/N-ethyl adjacent to an activating group) is 1. The van der Waals surface area contributed by atoms with Crippen LogP contribution < -0.4 is 0 Å². The highest BCUT2D eigenvalue weighted by Gasteiger charge is 2.36. The number of carbonyl (C=O) groups is 1. The van der Waals surface area contributed by atoms with E-state index in [9.17, 15) is 4.79 Å². The highest BCUT2D eigenvalue weighted by Crippen LogP contribution is 2.43. The van der Waals surface area contributed by atoms with Gasteiger partial charge in [-0.15, -0.1) is 0 Å². The minimum absolute atomic E-state index is 0.115. The van der Waals surface area contributed by atoms with Gasteiger partial charge in [-0.05, 0) is 44.1 Å². The Balaban J connectivity index is 1.98. The molecular weight excluding hydrogens is 198 g/mol. The monoisotopic (exact) mass is 221 g/mol. The second-order valence-electron chi connectivity index (χ2n) is 5.25. The molecule has 0 heterocycles. The van der Waals surface area contributed by atoms with Crippen LogP contribution in [0.25, 0.3) is 0 Å². The number of amides is 1. The first-order chi connectivity index (χ1) is 7.76. The van der Waals surface area contributed by atoms with Crippen LogP contribution in [0.5, 0.6) is 0 Å².